The molecule has 12 aromatic carbocycles. The summed E-state index contributed by atoms with van der Waals surface area (Å²) in [7, 11) is 0. The Balaban J connectivity index is 0.992. The highest BCUT2D eigenvalue weighted by Crippen LogP contribution is 2.52. The number of thiophene rings is 1. The molecule has 0 radical (unpaired) electrons. The third-order valence-electron chi connectivity index (χ3n) is 20.2. The van der Waals surface area contributed by atoms with Crippen LogP contribution in [0.15, 0.2) is 246 Å². The van der Waals surface area contributed by atoms with Crippen LogP contribution in [0, 0.1) is 11.3 Å². The smallest absolute Gasteiger partial charge is 0.251 e. The number of benzene rings is 12. The Bertz CT molecular complexity index is 5820. The highest BCUT2D eigenvalue weighted by atomic mass is 32.2. The van der Waals surface area contributed by atoms with E-state index in [1.165, 1.54) is 112 Å². The van der Waals surface area contributed by atoms with E-state index in [4.69, 9.17) is 0 Å². The van der Waals surface area contributed by atoms with E-state index >= 15 is 0 Å². The summed E-state index contributed by atoms with van der Waals surface area (Å²) in [6, 6.07) is 92.1. The third kappa shape index (κ3) is 8.32. The van der Waals surface area contributed by atoms with E-state index in [1.807, 2.05) is 29.2 Å². The van der Waals surface area contributed by atoms with E-state index < -0.39 is 0 Å². The molecule has 0 spiro atoms. The molecule has 93 heavy (non-hydrogen) atoms. The predicted molar refractivity (Wildman–Crippen MR) is 399 cm³/mol. The maximum atomic E-state index is 10.3. The number of anilines is 3. The molecule has 0 unspecified atom stereocenters. The highest BCUT2D eigenvalue weighted by Gasteiger charge is 2.45. The van der Waals surface area contributed by atoms with Gasteiger partial charge >= 0.3 is 0 Å². The van der Waals surface area contributed by atoms with E-state index in [0.717, 1.165) is 61.4 Å². The van der Waals surface area contributed by atoms with Crippen molar-refractivity contribution in [1.29, 1.82) is 5.26 Å². The summed E-state index contributed by atoms with van der Waals surface area (Å²) in [4.78, 5) is 5.12. The average molecular weight is 1230 g/mol. The van der Waals surface area contributed by atoms with E-state index in [9.17, 15) is 5.26 Å². The summed E-state index contributed by atoms with van der Waals surface area (Å²) in [5, 5.41) is 20.1. The topological polar surface area (TPSA) is 41.8 Å². The molecular weight excluding hydrogens is 1170 g/mol. The van der Waals surface area contributed by atoms with E-state index in [2.05, 4.69) is 318 Å². The van der Waals surface area contributed by atoms with Crippen LogP contribution >= 0.6 is 23.1 Å². The molecule has 18 rings (SSSR count). The summed E-state index contributed by atoms with van der Waals surface area (Å²) >= 11 is 3.84. The van der Waals surface area contributed by atoms with Gasteiger partial charge < -0.3 is 18.6 Å². The molecule has 0 bridgehead atoms. The molecule has 0 amide bonds. The monoisotopic (exact) mass is 1230 g/mol. The molecule has 2 aliphatic heterocycles. The molecule has 4 aromatic heterocycles. The molecule has 5 nitrogen and oxygen atoms in total. The summed E-state index contributed by atoms with van der Waals surface area (Å²) in [5.41, 5.74) is 24.4. The lowest BCUT2D eigenvalue weighted by atomic mass is 9.34. The molecule has 8 heteroatoms. The van der Waals surface area contributed by atoms with Crippen molar-refractivity contribution >= 4 is 149 Å². The molecule has 0 fully saturated rings. The number of nitriles is 1. The van der Waals surface area contributed by atoms with Gasteiger partial charge in [0.05, 0.1) is 56.1 Å². The summed E-state index contributed by atoms with van der Waals surface area (Å²) < 4.78 is 10.1. The second-order valence-electron chi connectivity index (χ2n) is 28.8. The maximum Gasteiger partial charge on any atom is 0.251 e. The minimum Gasteiger partial charge on any atom is -0.311 e. The summed E-state index contributed by atoms with van der Waals surface area (Å²) in [5.74, 6) is 0. The Labute approximate surface area is 550 Å². The van der Waals surface area contributed by atoms with Gasteiger partial charge in [0.2, 0.25) is 0 Å². The lowest BCUT2D eigenvalue weighted by Gasteiger charge is -2.42. The second-order valence-corrected chi connectivity index (χ2v) is 30.9. The Hall–Kier alpha value is -10.0. The number of nitrogens with zero attached hydrogens (tertiary/aromatic N) is 5. The Kier molecular flexibility index (Phi) is 12.0. The quantitative estimate of drug-likeness (QED) is 0.161. The molecule has 446 valence electrons. The summed E-state index contributed by atoms with van der Waals surface area (Å²) in [6.07, 6.45) is 0. The first-order valence-electron chi connectivity index (χ1n) is 32.5. The fourth-order valence-electron chi connectivity index (χ4n) is 15.5. The zero-order valence-corrected chi connectivity index (χ0v) is 55.3. The predicted octanol–water partition coefficient (Wildman–Crippen LogP) is 21.5. The van der Waals surface area contributed by atoms with Crippen LogP contribution in [0.3, 0.4) is 0 Å². The van der Waals surface area contributed by atoms with Crippen molar-refractivity contribution in [3.63, 3.8) is 0 Å². The van der Waals surface area contributed by atoms with Gasteiger partial charge in [-0.3, -0.25) is 0 Å². The fourth-order valence-corrected chi connectivity index (χ4v) is 18.1. The van der Waals surface area contributed by atoms with Gasteiger partial charge in [-0.15, -0.1) is 11.3 Å². The lowest BCUT2D eigenvalue weighted by Crippen LogP contribution is -2.60. The normalized spacial score (nSPS) is 13.3. The molecule has 0 aliphatic carbocycles. The van der Waals surface area contributed by atoms with Crippen LogP contribution in [0.2, 0.25) is 0 Å². The van der Waals surface area contributed by atoms with Crippen molar-refractivity contribution in [1.82, 2.24) is 13.7 Å². The molecule has 6 heterocycles. The van der Waals surface area contributed by atoms with E-state index in [-0.39, 0.29) is 23.0 Å². The largest absolute Gasteiger partial charge is 0.311 e. The summed E-state index contributed by atoms with van der Waals surface area (Å²) in [6.45, 7) is 20.6. The van der Waals surface area contributed by atoms with Crippen molar-refractivity contribution in [2.75, 3.05) is 4.90 Å². The Morgan fingerprint density at radius 3 is 1.51 bits per heavy atom. The van der Waals surface area contributed by atoms with Gasteiger partial charge in [-0.2, -0.15) is 5.26 Å². The third-order valence-corrected chi connectivity index (χ3v) is 22.5. The molecule has 16 aromatic rings. The van der Waals surface area contributed by atoms with Crippen molar-refractivity contribution in [3.8, 4) is 34.3 Å². The van der Waals surface area contributed by atoms with Crippen LogP contribution in [-0.2, 0) is 16.2 Å². The van der Waals surface area contributed by atoms with Gasteiger partial charge in [-0.25, -0.2) is 0 Å². The van der Waals surface area contributed by atoms with Gasteiger partial charge in [0.25, 0.3) is 6.71 Å². The Morgan fingerprint density at radius 1 is 0.376 bits per heavy atom. The number of hydrogen-bond donors (Lipinski definition) is 0. The minimum absolute atomic E-state index is 0.0547. The first kappa shape index (κ1) is 55.8. The van der Waals surface area contributed by atoms with Gasteiger partial charge in [-0.05, 0) is 159 Å². The number of fused-ring (bicyclic) bond motifs is 17. The standard InChI is InChI=1S/C85H66BN5S2/c1-83(2,3)52-32-38-70-62(42-52)61-41-50(49-87)31-37-69(61)88(70)55-35-36-65-77(46-55)92-78-47-56(89-67-28-18-14-24-58(67)59-25-15-19-29-68(59)89)45-74-80(78)86(65)81-75(91(74)66-27-17-13-23-57(66)51-21-11-10-12-22-51)48-73(79-60-26-16-20-30-76(60)93-82(79)81)90-71-39-33-53(84(4,5)6)43-63(71)64-44-54(85(7,8)9)34-40-72(64)90/h10-48H,1-9H3. The molecule has 0 N–H and O–H groups in total. The highest BCUT2D eigenvalue weighted by molar-refractivity contribution is 8.00. The SMILES string of the molecule is CC(C)(C)c1ccc2c(c1)c1cc(C#N)ccc1n2-c1ccc2c(c1)Sc1cc(-n3c4ccccc4c4ccccc43)cc3c1B2c1c(cc(-n2c4ccc(C(C)(C)C)cc4c4cc(C(C)(C)C)ccc42)c2c1sc1ccccc12)N3c1ccccc1-c1ccccc1. The first-order chi connectivity index (χ1) is 45.0. The van der Waals surface area contributed by atoms with Crippen LogP contribution < -0.4 is 21.3 Å². The van der Waals surface area contributed by atoms with Crippen LogP contribution in [-0.4, -0.2) is 20.4 Å². The van der Waals surface area contributed by atoms with Crippen molar-refractivity contribution in [2.45, 2.75) is 88.3 Å². The van der Waals surface area contributed by atoms with Crippen LogP contribution in [0.5, 0.6) is 0 Å². The molecule has 2 aliphatic rings. The number of aromatic nitrogens is 3. The molecule has 0 atom stereocenters. The van der Waals surface area contributed by atoms with Gasteiger partial charge in [-0.1, -0.05) is 207 Å². The van der Waals surface area contributed by atoms with E-state index in [0.29, 0.717) is 5.56 Å². The van der Waals surface area contributed by atoms with Crippen molar-refractivity contribution in [3.05, 3.63) is 259 Å². The number of rotatable bonds is 5. The molecular formula is C85H66BN5S2. The van der Waals surface area contributed by atoms with Crippen molar-refractivity contribution in [2.24, 2.45) is 0 Å². The zero-order chi connectivity index (χ0) is 63.1. The van der Waals surface area contributed by atoms with Crippen LogP contribution in [0.25, 0.3) is 114 Å². The molecule has 0 saturated heterocycles. The number of para-hydroxylation sites is 3. The average Bonchev–Trinajstić information content (AvgIpc) is 1.66. The van der Waals surface area contributed by atoms with Crippen molar-refractivity contribution < 1.29 is 0 Å². The second kappa shape index (κ2) is 20.0. The zero-order valence-electron chi connectivity index (χ0n) is 53.6. The van der Waals surface area contributed by atoms with Crippen LogP contribution in [0.1, 0.15) is 84.6 Å². The lowest BCUT2D eigenvalue weighted by molar-refractivity contribution is 0.590. The Morgan fingerprint density at radius 2 is 0.882 bits per heavy atom. The molecule has 0 saturated carbocycles. The van der Waals surface area contributed by atoms with Gasteiger partial charge in [0, 0.05) is 90.6 Å². The fraction of sp³-hybridized carbons (Fsp3) is 0.141. The maximum absolute atomic E-state index is 10.3. The first-order valence-corrected chi connectivity index (χ1v) is 34.1. The van der Waals surface area contributed by atoms with E-state index in [1.54, 1.807) is 0 Å². The number of hydrogen-bond acceptors (Lipinski definition) is 4. The minimum atomic E-state index is -0.167. The van der Waals surface area contributed by atoms with Gasteiger partial charge in [0.1, 0.15) is 0 Å². The van der Waals surface area contributed by atoms with Gasteiger partial charge in [0.15, 0.2) is 0 Å². The van der Waals surface area contributed by atoms with Crippen LogP contribution in [0.4, 0.5) is 17.1 Å².